The molecule has 0 spiro atoms. The van der Waals surface area contributed by atoms with Crippen molar-refractivity contribution in [3.05, 3.63) is 23.7 Å². The molecular formula is C10H10N2O3. The normalized spacial score (nSPS) is 28.9. The summed E-state index contributed by atoms with van der Waals surface area (Å²) in [5, 5.41) is 13.7. The van der Waals surface area contributed by atoms with Crippen LogP contribution in [0.2, 0.25) is 0 Å². The van der Waals surface area contributed by atoms with Crippen molar-refractivity contribution < 1.29 is 14.3 Å². The minimum absolute atomic E-state index is 0.191. The highest BCUT2D eigenvalue weighted by Gasteiger charge is 2.38. The summed E-state index contributed by atoms with van der Waals surface area (Å²) in [6.07, 6.45) is 2.07. The average molecular weight is 206 g/mol. The summed E-state index contributed by atoms with van der Waals surface area (Å²) in [6, 6.07) is 1.82. The first-order valence-corrected chi connectivity index (χ1v) is 4.89. The molecule has 3 rings (SSSR count). The first-order valence-electron chi connectivity index (χ1n) is 4.89. The molecule has 5 nitrogen and oxygen atoms in total. The molecule has 78 valence electrons. The van der Waals surface area contributed by atoms with Gasteiger partial charge in [-0.15, -0.1) is 0 Å². The number of hydrogen-bond donors (Lipinski definition) is 2. The van der Waals surface area contributed by atoms with Crippen molar-refractivity contribution in [2.45, 2.75) is 18.9 Å². The maximum Gasteiger partial charge on any atom is 0.269 e. The fourth-order valence-corrected chi connectivity index (χ4v) is 2.20. The highest BCUT2D eigenvalue weighted by Crippen LogP contribution is 2.30. The number of fused-ring (bicyclic) bond motifs is 3. The number of nitrogens with zero attached hydrogens (tertiary/aromatic N) is 1. The van der Waals surface area contributed by atoms with E-state index in [0.29, 0.717) is 6.42 Å². The number of nitrogens with one attached hydrogen (secondary N) is 1. The van der Waals surface area contributed by atoms with Crippen LogP contribution >= 0.6 is 0 Å². The van der Waals surface area contributed by atoms with Gasteiger partial charge in [-0.3, -0.25) is 4.79 Å². The van der Waals surface area contributed by atoms with E-state index in [1.54, 1.807) is 6.26 Å². The van der Waals surface area contributed by atoms with E-state index >= 15 is 0 Å². The SMILES string of the molecule is O=C1NN=C2c3ccoc3CCC2C1O. The van der Waals surface area contributed by atoms with Crippen LogP contribution in [-0.4, -0.2) is 22.8 Å². The molecule has 1 aromatic heterocycles. The van der Waals surface area contributed by atoms with Gasteiger partial charge in [-0.05, 0) is 12.5 Å². The number of rotatable bonds is 0. The highest BCUT2D eigenvalue weighted by atomic mass is 16.3. The van der Waals surface area contributed by atoms with Crippen molar-refractivity contribution in [3.8, 4) is 0 Å². The summed E-state index contributed by atoms with van der Waals surface area (Å²) in [7, 11) is 0. The van der Waals surface area contributed by atoms with E-state index in [9.17, 15) is 9.90 Å². The number of aliphatic hydroxyl groups is 1. The van der Waals surface area contributed by atoms with Crippen molar-refractivity contribution in [1.82, 2.24) is 5.43 Å². The van der Waals surface area contributed by atoms with Gasteiger partial charge >= 0.3 is 0 Å². The molecule has 2 heterocycles. The molecule has 1 amide bonds. The summed E-state index contributed by atoms with van der Waals surface area (Å²) >= 11 is 0. The van der Waals surface area contributed by atoms with Crippen molar-refractivity contribution >= 4 is 11.6 Å². The van der Waals surface area contributed by atoms with E-state index in [2.05, 4.69) is 10.5 Å². The van der Waals surface area contributed by atoms with Crippen LogP contribution in [0.5, 0.6) is 0 Å². The van der Waals surface area contributed by atoms with Gasteiger partial charge in [0.2, 0.25) is 0 Å². The van der Waals surface area contributed by atoms with Crippen LogP contribution in [0.25, 0.3) is 0 Å². The summed E-state index contributed by atoms with van der Waals surface area (Å²) in [5.74, 6) is 0.271. The van der Waals surface area contributed by atoms with Crippen molar-refractivity contribution in [1.29, 1.82) is 0 Å². The average Bonchev–Trinajstić information content (AvgIpc) is 2.71. The molecule has 0 radical (unpaired) electrons. The van der Waals surface area contributed by atoms with Gasteiger partial charge in [0, 0.05) is 17.9 Å². The Hall–Kier alpha value is -1.62. The lowest BCUT2D eigenvalue weighted by molar-refractivity contribution is -0.131. The third-order valence-corrected chi connectivity index (χ3v) is 2.99. The fraction of sp³-hybridized carbons (Fsp3) is 0.400. The topological polar surface area (TPSA) is 74.8 Å². The number of hydrazone groups is 1. The Morgan fingerprint density at radius 3 is 3.33 bits per heavy atom. The molecule has 2 atom stereocenters. The Balaban J connectivity index is 2.09. The number of amides is 1. The zero-order valence-corrected chi connectivity index (χ0v) is 7.93. The number of aliphatic hydroxyl groups excluding tert-OH is 1. The summed E-state index contributed by atoms with van der Waals surface area (Å²) in [6.45, 7) is 0. The molecule has 1 aromatic rings. The zero-order valence-electron chi connectivity index (χ0n) is 7.93. The van der Waals surface area contributed by atoms with Crippen molar-refractivity contribution in [2.24, 2.45) is 11.0 Å². The van der Waals surface area contributed by atoms with E-state index in [1.807, 2.05) is 6.07 Å². The van der Waals surface area contributed by atoms with Gasteiger partial charge in [-0.1, -0.05) is 0 Å². The summed E-state index contributed by atoms with van der Waals surface area (Å²) < 4.78 is 5.29. The van der Waals surface area contributed by atoms with Crippen molar-refractivity contribution in [2.75, 3.05) is 0 Å². The van der Waals surface area contributed by atoms with E-state index < -0.39 is 12.0 Å². The van der Waals surface area contributed by atoms with Crippen LogP contribution in [0.1, 0.15) is 17.7 Å². The van der Waals surface area contributed by atoms with Crippen LogP contribution in [-0.2, 0) is 11.2 Å². The summed E-state index contributed by atoms with van der Waals surface area (Å²) in [5.41, 5.74) is 3.96. The maximum absolute atomic E-state index is 11.2. The largest absolute Gasteiger partial charge is 0.469 e. The minimum atomic E-state index is -0.986. The van der Waals surface area contributed by atoms with Crippen LogP contribution < -0.4 is 5.43 Å². The predicted octanol–water partition coefficient (Wildman–Crippen LogP) is 0.0368. The molecule has 2 aliphatic rings. The molecule has 5 heteroatoms. The number of hydrogen-bond acceptors (Lipinski definition) is 4. The van der Waals surface area contributed by atoms with Gasteiger partial charge < -0.3 is 9.52 Å². The molecule has 0 bridgehead atoms. The Morgan fingerprint density at radius 2 is 2.47 bits per heavy atom. The first-order chi connectivity index (χ1) is 7.27. The predicted molar refractivity (Wildman–Crippen MR) is 51.2 cm³/mol. The fourth-order valence-electron chi connectivity index (χ4n) is 2.20. The standard InChI is InChI=1S/C10H10N2O3/c13-9-6-1-2-7-5(3-4-15-7)8(6)11-12-10(9)14/h3-4,6,9,13H,1-2H2,(H,12,14). The second-order valence-corrected chi connectivity index (χ2v) is 3.82. The lowest BCUT2D eigenvalue weighted by Gasteiger charge is -2.29. The van der Waals surface area contributed by atoms with Crippen LogP contribution in [0.15, 0.2) is 21.8 Å². The molecular weight excluding hydrogens is 196 g/mol. The Labute approximate surface area is 85.8 Å². The molecule has 15 heavy (non-hydrogen) atoms. The van der Waals surface area contributed by atoms with Crippen LogP contribution in [0.4, 0.5) is 0 Å². The molecule has 1 aliphatic heterocycles. The van der Waals surface area contributed by atoms with Crippen LogP contribution in [0, 0.1) is 5.92 Å². The zero-order chi connectivity index (χ0) is 10.4. The van der Waals surface area contributed by atoms with E-state index in [4.69, 9.17) is 4.42 Å². The summed E-state index contributed by atoms with van der Waals surface area (Å²) in [4.78, 5) is 11.2. The molecule has 1 aliphatic carbocycles. The van der Waals surface area contributed by atoms with E-state index in [0.717, 1.165) is 23.5 Å². The minimum Gasteiger partial charge on any atom is -0.469 e. The number of carbonyl (C=O) groups is 1. The van der Waals surface area contributed by atoms with Gasteiger partial charge in [0.15, 0.2) is 0 Å². The van der Waals surface area contributed by atoms with Gasteiger partial charge in [-0.25, -0.2) is 5.43 Å². The molecule has 0 fully saturated rings. The van der Waals surface area contributed by atoms with Crippen molar-refractivity contribution in [3.63, 3.8) is 0 Å². The third-order valence-electron chi connectivity index (χ3n) is 2.99. The highest BCUT2D eigenvalue weighted by molar-refractivity contribution is 6.08. The van der Waals surface area contributed by atoms with Crippen LogP contribution in [0.3, 0.4) is 0 Å². The second kappa shape index (κ2) is 2.93. The number of aryl methyl sites for hydroxylation is 1. The van der Waals surface area contributed by atoms with Gasteiger partial charge in [0.1, 0.15) is 11.9 Å². The first kappa shape index (κ1) is 8.67. The maximum atomic E-state index is 11.2. The number of furan rings is 1. The third kappa shape index (κ3) is 1.13. The number of carbonyl (C=O) groups excluding carboxylic acids is 1. The van der Waals surface area contributed by atoms with E-state index in [1.165, 1.54) is 0 Å². The molecule has 2 N–H and O–H groups in total. The second-order valence-electron chi connectivity index (χ2n) is 3.82. The Bertz CT molecular complexity index is 449. The molecule has 0 saturated carbocycles. The lowest BCUT2D eigenvalue weighted by atomic mass is 9.81. The Morgan fingerprint density at radius 1 is 1.60 bits per heavy atom. The molecule has 2 unspecified atom stereocenters. The lowest BCUT2D eigenvalue weighted by Crippen LogP contribution is -2.47. The molecule has 0 aromatic carbocycles. The Kier molecular flexibility index (Phi) is 1.70. The quantitative estimate of drug-likeness (QED) is 0.629. The smallest absolute Gasteiger partial charge is 0.269 e. The van der Waals surface area contributed by atoms with Gasteiger partial charge in [-0.2, -0.15) is 5.10 Å². The van der Waals surface area contributed by atoms with E-state index in [-0.39, 0.29) is 5.92 Å². The molecule has 0 saturated heterocycles. The monoisotopic (exact) mass is 206 g/mol. The van der Waals surface area contributed by atoms with Gasteiger partial charge in [0.25, 0.3) is 5.91 Å². The van der Waals surface area contributed by atoms with Gasteiger partial charge in [0.05, 0.1) is 12.0 Å².